The van der Waals surface area contributed by atoms with Crippen LogP contribution in [0.25, 0.3) is 0 Å². The van der Waals surface area contributed by atoms with Gasteiger partial charge >= 0.3 is 5.97 Å². The van der Waals surface area contributed by atoms with Gasteiger partial charge in [0.15, 0.2) is 0 Å². The van der Waals surface area contributed by atoms with Gasteiger partial charge in [-0.15, -0.1) is 11.3 Å². The van der Waals surface area contributed by atoms with Crippen molar-refractivity contribution in [3.8, 4) is 0 Å². The molecule has 0 saturated heterocycles. The number of rotatable bonds is 6. The highest BCUT2D eigenvalue weighted by atomic mass is 32.1. The summed E-state index contributed by atoms with van der Waals surface area (Å²) < 4.78 is 5.42. The average Bonchev–Trinajstić information content (AvgIpc) is 2.98. The minimum Gasteiger partial charge on any atom is -0.459 e. The molecular formula is C21H24N2O5S. The van der Waals surface area contributed by atoms with Crippen molar-refractivity contribution in [2.24, 2.45) is 5.92 Å². The SMILES string of the molecule is CC(C)OC(=O)c1c(NC(=O)Cc2ccc([N+](=O)[O-])cc2)sc2c1CC[C@@H](C)C2. The summed E-state index contributed by atoms with van der Waals surface area (Å²) in [4.78, 5) is 36.7. The summed E-state index contributed by atoms with van der Waals surface area (Å²) in [5.74, 6) is -0.138. The second-order valence-corrected chi connectivity index (χ2v) is 8.76. The molecule has 1 N–H and O–H groups in total. The Bertz CT molecular complexity index is 933. The molecule has 8 heteroatoms. The van der Waals surface area contributed by atoms with Crippen LogP contribution < -0.4 is 5.32 Å². The van der Waals surface area contributed by atoms with Crippen LogP contribution in [0, 0.1) is 16.0 Å². The Morgan fingerprint density at radius 1 is 1.31 bits per heavy atom. The molecule has 1 atom stereocenters. The molecule has 7 nitrogen and oxygen atoms in total. The van der Waals surface area contributed by atoms with E-state index in [1.165, 1.54) is 23.5 Å². The molecule has 1 heterocycles. The van der Waals surface area contributed by atoms with E-state index < -0.39 is 10.9 Å². The zero-order valence-electron chi connectivity index (χ0n) is 16.7. The largest absolute Gasteiger partial charge is 0.459 e. The van der Waals surface area contributed by atoms with Crippen LogP contribution in [0.5, 0.6) is 0 Å². The van der Waals surface area contributed by atoms with E-state index in [4.69, 9.17) is 4.74 Å². The van der Waals surface area contributed by atoms with Crippen LogP contribution in [-0.4, -0.2) is 22.9 Å². The van der Waals surface area contributed by atoms with Gasteiger partial charge < -0.3 is 10.1 Å². The van der Waals surface area contributed by atoms with E-state index >= 15 is 0 Å². The van der Waals surface area contributed by atoms with Crippen molar-refractivity contribution in [3.05, 3.63) is 55.9 Å². The zero-order valence-corrected chi connectivity index (χ0v) is 17.5. The minimum absolute atomic E-state index is 0.0204. The predicted octanol–water partition coefficient (Wildman–Crippen LogP) is 4.53. The topological polar surface area (TPSA) is 98.5 Å². The van der Waals surface area contributed by atoms with Crippen LogP contribution >= 0.6 is 11.3 Å². The van der Waals surface area contributed by atoms with Gasteiger partial charge in [-0.3, -0.25) is 14.9 Å². The quantitative estimate of drug-likeness (QED) is 0.424. The van der Waals surface area contributed by atoms with Crippen molar-refractivity contribution in [2.45, 2.75) is 52.6 Å². The molecule has 0 unspecified atom stereocenters. The number of non-ortho nitro benzene ring substituents is 1. The Hall–Kier alpha value is -2.74. The summed E-state index contributed by atoms with van der Waals surface area (Å²) in [6, 6.07) is 5.87. The molecule has 1 aliphatic carbocycles. The molecule has 0 spiro atoms. The fourth-order valence-electron chi connectivity index (χ4n) is 3.42. The first-order valence-electron chi connectivity index (χ1n) is 9.63. The highest BCUT2D eigenvalue weighted by molar-refractivity contribution is 7.17. The number of nitro benzene ring substituents is 1. The van der Waals surface area contributed by atoms with Gasteiger partial charge in [0, 0.05) is 17.0 Å². The standard InChI is InChI=1S/C21H24N2O5S/c1-12(2)28-21(25)19-16-9-4-13(3)10-17(16)29-20(19)22-18(24)11-14-5-7-15(8-6-14)23(26)27/h5-8,12-13H,4,9-11H2,1-3H3,(H,22,24)/t13-/m1/s1. The van der Waals surface area contributed by atoms with E-state index in [2.05, 4.69) is 12.2 Å². The van der Waals surface area contributed by atoms with Gasteiger partial charge in [0.25, 0.3) is 5.69 Å². The molecule has 154 valence electrons. The van der Waals surface area contributed by atoms with Gasteiger partial charge in [-0.2, -0.15) is 0 Å². The van der Waals surface area contributed by atoms with Gasteiger partial charge in [-0.25, -0.2) is 4.79 Å². The number of nitrogens with one attached hydrogen (secondary N) is 1. The summed E-state index contributed by atoms with van der Waals surface area (Å²) >= 11 is 1.44. The number of thiophene rings is 1. The van der Waals surface area contributed by atoms with Gasteiger partial charge in [0.2, 0.25) is 5.91 Å². The number of hydrogen-bond acceptors (Lipinski definition) is 6. The molecule has 1 aliphatic rings. The number of ether oxygens (including phenoxy) is 1. The van der Waals surface area contributed by atoms with Crippen LogP contribution in [-0.2, 0) is 28.8 Å². The second-order valence-electron chi connectivity index (χ2n) is 7.66. The van der Waals surface area contributed by atoms with E-state index in [9.17, 15) is 19.7 Å². The normalized spacial score (nSPS) is 15.7. The van der Waals surface area contributed by atoms with E-state index in [-0.39, 0.29) is 24.1 Å². The molecule has 0 aliphatic heterocycles. The summed E-state index contributed by atoms with van der Waals surface area (Å²) in [6.45, 7) is 5.78. The van der Waals surface area contributed by atoms with Crippen LogP contribution in [0.15, 0.2) is 24.3 Å². The third-order valence-corrected chi connectivity index (χ3v) is 5.99. The lowest BCUT2D eigenvalue weighted by Gasteiger charge is -2.18. The van der Waals surface area contributed by atoms with Crippen molar-refractivity contribution in [3.63, 3.8) is 0 Å². The Labute approximate surface area is 173 Å². The summed E-state index contributed by atoms with van der Waals surface area (Å²) in [5.41, 5.74) is 2.11. The van der Waals surface area contributed by atoms with Crippen LogP contribution in [0.3, 0.4) is 0 Å². The monoisotopic (exact) mass is 416 g/mol. The molecule has 1 aromatic carbocycles. The lowest BCUT2D eigenvalue weighted by molar-refractivity contribution is -0.384. The van der Waals surface area contributed by atoms with Gasteiger partial charge in [0.1, 0.15) is 5.00 Å². The Balaban J connectivity index is 1.81. The number of carbonyl (C=O) groups is 2. The molecule has 2 aromatic rings. The molecule has 3 rings (SSSR count). The van der Waals surface area contributed by atoms with Crippen LogP contribution in [0.1, 0.15) is 53.6 Å². The molecule has 0 radical (unpaired) electrons. The average molecular weight is 416 g/mol. The first-order valence-corrected chi connectivity index (χ1v) is 10.4. The Kier molecular flexibility index (Phi) is 6.32. The number of nitrogens with zero attached hydrogens (tertiary/aromatic N) is 1. The summed E-state index contributed by atoms with van der Waals surface area (Å²) in [6.07, 6.45) is 2.51. The smallest absolute Gasteiger partial charge is 0.341 e. The van der Waals surface area contributed by atoms with Crippen LogP contribution in [0.4, 0.5) is 10.7 Å². The molecule has 1 aromatic heterocycles. The number of amides is 1. The number of anilines is 1. The van der Waals surface area contributed by atoms with E-state index in [1.54, 1.807) is 26.0 Å². The highest BCUT2D eigenvalue weighted by Crippen LogP contribution is 2.40. The minimum atomic E-state index is -0.479. The number of hydrogen-bond donors (Lipinski definition) is 1. The lowest BCUT2D eigenvalue weighted by Crippen LogP contribution is -2.19. The second kappa shape index (κ2) is 8.73. The number of benzene rings is 1. The van der Waals surface area contributed by atoms with E-state index in [0.717, 1.165) is 29.7 Å². The van der Waals surface area contributed by atoms with E-state index in [1.807, 2.05) is 0 Å². The number of esters is 1. The third-order valence-electron chi connectivity index (χ3n) is 4.82. The molecule has 0 saturated carbocycles. The first-order chi connectivity index (χ1) is 13.7. The number of nitro groups is 1. The number of fused-ring (bicyclic) bond motifs is 1. The van der Waals surface area contributed by atoms with Crippen molar-refractivity contribution >= 4 is 33.9 Å². The number of carbonyl (C=O) groups excluding carboxylic acids is 2. The molecule has 29 heavy (non-hydrogen) atoms. The van der Waals surface area contributed by atoms with Gasteiger partial charge in [-0.1, -0.05) is 19.1 Å². The first kappa shape index (κ1) is 21.0. The Morgan fingerprint density at radius 2 is 2.00 bits per heavy atom. The predicted molar refractivity (Wildman–Crippen MR) is 111 cm³/mol. The van der Waals surface area contributed by atoms with Gasteiger partial charge in [-0.05, 0) is 50.2 Å². The maximum Gasteiger partial charge on any atom is 0.341 e. The molecule has 0 fully saturated rings. The summed E-state index contributed by atoms with van der Waals surface area (Å²) in [7, 11) is 0. The van der Waals surface area contributed by atoms with Gasteiger partial charge in [0.05, 0.1) is 23.0 Å². The lowest BCUT2D eigenvalue weighted by atomic mass is 9.88. The van der Waals surface area contributed by atoms with E-state index in [0.29, 0.717) is 22.0 Å². The van der Waals surface area contributed by atoms with Crippen molar-refractivity contribution in [1.29, 1.82) is 0 Å². The highest BCUT2D eigenvalue weighted by Gasteiger charge is 2.29. The summed E-state index contributed by atoms with van der Waals surface area (Å²) in [5, 5.41) is 14.2. The van der Waals surface area contributed by atoms with Crippen molar-refractivity contribution < 1.29 is 19.2 Å². The molecule has 0 bridgehead atoms. The maximum atomic E-state index is 12.7. The Morgan fingerprint density at radius 3 is 2.62 bits per heavy atom. The molecular weight excluding hydrogens is 392 g/mol. The van der Waals surface area contributed by atoms with Crippen LogP contribution in [0.2, 0.25) is 0 Å². The maximum absolute atomic E-state index is 12.7. The third kappa shape index (κ3) is 5.00. The van der Waals surface area contributed by atoms with Crippen molar-refractivity contribution in [2.75, 3.05) is 5.32 Å². The molecule has 1 amide bonds. The van der Waals surface area contributed by atoms with Crippen molar-refractivity contribution in [1.82, 2.24) is 0 Å². The zero-order chi connectivity index (χ0) is 21.1. The fraction of sp³-hybridized carbons (Fsp3) is 0.429. The fourth-order valence-corrected chi connectivity index (χ4v) is 4.83.